The van der Waals surface area contributed by atoms with Crippen molar-refractivity contribution in [3.8, 4) is 22.6 Å². The molecule has 5 heterocycles. The molecule has 13 heteroatoms. The van der Waals surface area contributed by atoms with E-state index >= 15 is 0 Å². The first kappa shape index (κ1) is 34.1. The summed E-state index contributed by atoms with van der Waals surface area (Å²) in [5.41, 5.74) is 3.35. The van der Waals surface area contributed by atoms with E-state index in [4.69, 9.17) is 14.8 Å². The lowest BCUT2D eigenvalue weighted by molar-refractivity contribution is -0.129. The molecule has 1 aliphatic rings. The predicted molar refractivity (Wildman–Crippen MR) is 185 cm³/mol. The minimum Gasteiger partial charge on any atom is -0.499 e. The average Bonchev–Trinajstić information content (AvgIpc) is 3.76. The third-order valence-corrected chi connectivity index (χ3v) is 8.80. The summed E-state index contributed by atoms with van der Waals surface area (Å²) < 4.78 is 40.8. The number of aryl methyl sites for hydroxylation is 1. The number of benzene rings is 1. The summed E-state index contributed by atoms with van der Waals surface area (Å²) in [4.78, 5) is 31.7. The Morgan fingerprint density at radius 2 is 1.96 bits per heavy atom. The van der Waals surface area contributed by atoms with Crippen LogP contribution < -0.4 is 5.56 Å². The van der Waals surface area contributed by atoms with Crippen LogP contribution in [0.25, 0.3) is 49.6 Å². The highest BCUT2D eigenvalue weighted by atomic mass is 32.1. The van der Waals surface area contributed by atoms with Gasteiger partial charge in [-0.2, -0.15) is 10.2 Å². The largest absolute Gasteiger partial charge is 0.499 e. The van der Waals surface area contributed by atoms with E-state index in [0.29, 0.717) is 59.7 Å². The average molecular weight is 673 g/mol. The van der Waals surface area contributed by atoms with E-state index in [1.807, 2.05) is 41.3 Å². The van der Waals surface area contributed by atoms with Crippen LogP contribution in [-0.2, 0) is 27.9 Å². The van der Waals surface area contributed by atoms with Crippen LogP contribution in [0.15, 0.2) is 90.4 Å². The van der Waals surface area contributed by atoms with E-state index in [9.17, 15) is 18.4 Å². The molecule has 0 radical (unpaired) electrons. The Balaban J connectivity index is 0.000000582. The summed E-state index contributed by atoms with van der Waals surface area (Å²) in [6.45, 7) is 11.0. The van der Waals surface area contributed by atoms with Gasteiger partial charge in [0, 0.05) is 53.4 Å². The number of methoxy groups -OCH3 is 1. The molecule has 1 amide bonds. The molecule has 0 bridgehead atoms. The summed E-state index contributed by atoms with van der Waals surface area (Å²) in [5, 5.41) is 12.8. The quantitative estimate of drug-likeness (QED) is 0.0739. The van der Waals surface area contributed by atoms with E-state index in [-0.39, 0.29) is 23.8 Å². The zero-order chi connectivity index (χ0) is 34.4. The standard InChI is InChI=1S/C30H24F2N6O2S.C5H10O2/c1-4-26(39)37-10-11-38-25(17(37)2)15-24(35-38)28-23(14-20(32)7-9-31)29-22(8-12-41-29)27(34-28)18-5-6-21-19(13-18)16-33-36(3)30(21)40;1-3-7-5-4-6-2/h4-9,12-17H,1,10-11H2,2-3H3;3H,1,4-5H2,2H3/b9-7+,20-14?;. The van der Waals surface area contributed by atoms with Crippen molar-refractivity contribution in [3.63, 3.8) is 0 Å². The van der Waals surface area contributed by atoms with Gasteiger partial charge < -0.3 is 14.4 Å². The van der Waals surface area contributed by atoms with Crippen LogP contribution in [0.2, 0.25) is 0 Å². The number of carbonyl (C=O) groups excluding carboxylic acids is 1. The Hall–Kier alpha value is -5.27. The molecule has 0 saturated heterocycles. The SMILES string of the molecule is C=CC(=O)N1CCn2nc(-c3nc(-c4ccc5c(=O)n(C)ncc5c4)c4ccsc4c3C=C(F)/C=C/F)cc2C1C.C=COCCOC. The molecule has 5 aromatic rings. The third kappa shape index (κ3) is 6.87. The van der Waals surface area contributed by atoms with E-state index in [1.165, 1.54) is 34.4 Å². The topological polar surface area (TPSA) is 104 Å². The number of pyridine rings is 1. The van der Waals surface area contributed by atoms with Gasteiger partial charge in [-0.05, 0) is 48.7 Å². The number of nitrogens with zero attached hydrogens (tertiary/aromatic N) is 6. The van der Waals surface area contributed by atoms with Crippen molar-refractivity contribution in [2.75, 3.05) is 26.9 Å². The predicted octanol–water partition coefficient (Wildman–Crippen LogP) is 6.75. The number of thiophene rings is 1. The second-order valence-electron chi connectivity index (χ2n) is 10.7. The molecule has 10 nitrogen and oxygen atoms in total. The van der Waals surface area contributed by atoms with Crippen LogP contribution in [0.4, 0.5) is 8.78 Å². The molecule has 0 aliphatic carbocycles. The van der Waals surface area contributed by atoms with Crippen LogP contribution >= 0.6 is 11.3 Å². The highest BCUT2D eigenvalue weighted by molar-refractivity contribution is 7.17. The minimum absolute atomic E-state index is 0.147. The van der Waals surface area contributed by atoms with E-state index in [1.54, 1.807) is 31.3 Å². The number of hydrogen-bond donors (Lipinski definition) is 0. The van der Waals surface area contributed by atoms with Crippen molar-refractivity contribution >= 4 is 44.2 Å². The maximum absolute atomic E-state index is 14.7. The lowest BCUT2D eigenvalue weighted by atomic mass is 10.0. The Labute approximate surface area is 279 Å². The van der Waals surface area contributed by atoms with Crippen molar-refractivity contribution in [2.24, 2.45) is 7.05 Å². The number of ether oxygens (including phenoxy) is 2. The van der Waals surface area contributed by atoms with Crippen LogP contribution in [0.1, 0.15) is 24.2 Å². The number of halogens is 2. The Morgan fingerprint density at radius 3 is 2.69 bits per heavy atom. The van der Waals surface area contributed by atoms with Gasteiger partial charge in [-0.15, -0.1) is 11.3 Å². The maximum atomic E-state index is 14.7. The summed E-state index contributed by atoms with van der Waals surface area (Å²) in [5.74, 6) is -0.943. The summed E-state index contributed by atoms with van der Waals surface area (Å²) >= 11 is 1.41. The van der Waals surface area contributed by atoms with Gasteiger partial charge in [0.15, 0.2) is 0 Å². The fourth-order valence-corrected chi connectivity index (χ4v) is 6.39. The van der Waals surface area contributed by atoms with E-state index in [0.717, 1.165) is 27.4 Å². The van der Waals surface area contributed by atoms with Crippen molar-refractivity contribution in [2.45, 2.75) is 19.5 Å². The van der Waals surface area contributed by atoms with Crippen LogP contribution in [0.5, 0.6) is 0 Å². The molecule has 1 unspecified atom stereocenters. The molecule has 6 rings (SSSR count). The minimum atomic E-state index is -0.772. The molecule has 0 saturated carbocycles. The van der Waals surface area contributed by atoms with Gasteiger partial charge in [0.2, 0.25) is 5.91 Å². The summed E-state index contributed by atoms with van der Waals surface area (Å²) in [6, 6.07) is 8.92. The fourth-order valence-electron chi connectivity index (χ4n) is 5.48. The molecule has 48 heavy (non-hydrogen) atoms. The van der Waals surface area contributed by atoms with Gasteiger partial charge in [-0.1, -0.05) is 19.2 Å². The van der Waals surface area contributed by atoms with Crippen molar-refractivity contribution < 1.29 is 23.0 Å². The number of rotatable bonds is 9. The van der Waals surface area contributed by atoms with Gasteiger partial charge >= 0.3 is 0 Å². The number of carbonyl (C=O) groups is 1. The second-order valence-corrected chi connectivity index (χ2v) is 11.6. The summed E-state index contributed by atoms with van der Waals surface area (Å²) in [6.07, 6.45) is 6.47. The number of allylic oxidation sites excluding steroid dienone is 2. The molecule has 1 atom stereocenters. The molecule has 1 aromatic carbocycles. The number of fused-ring (bicyclic) bond motifs is 3. The Kier molecular flexibility index (Phi) is 10.7. The van der Waals surface area contributed by atoms with Crippen LogP contribution in [-0.4, -0.2) is 62.2 Å². The highest BCUT2D eigenvalue weighted by Gasteiger charge is 2.29. The fraction of sp³-hybridized carbons (Fsp3) is 0.229. The van der Waals surface area contributed by atoms with E-state index in [2.05, 4.69) is 23.0 Å². The van der Waals surface area contributed by atoms with Gasteiger partial charge in [0.25, 0.3) is 5.56 Å². The molecule has 0 N–H and O–H groups in total. The zero-order valence-corrected chi connectivity index (χ0v) is 27.5. The van der Waals surface area contributed by atoms with Crippen molar-refractivity contribution in [1.29, 1.82) is 0 Å². The summed E-state index contributed by atoms with van der Waals surface area (Å²) in [7, 11) is 3.23. The van der Waals surface area contributed by atoms with Gasteiger partial charge in [0.05, 0.1) is 54.8 Å². The molecule has 248 valence electrons. The lowest BCUT2D eigenvalue weighted by Gasteiger charge is -2.33. The molecular weight excluding hydrogens is 638 g/mol. The highest BCUT2D eigenvalue weighted by Crippen LogP contribution is 2.40. The first-order valence-electron chi connectivity index (χ1n) is 15.0. The number of hydrogen-bond acceptors (Lipinski definition) is 8. The molecule has 0 fully saturated rings. The van der Waals surface area contributed by atoms with Gasteiger partial charge in [-0.25, -0.2) is 18.4 Å². The normalized spacial score (nSPS) is 14.6. The lowest BCUT2D eigenvalue weighted by Crippen LogP contribution is -2.40. The second kappa shape index (κ2) is 15.1. The van der Waals surface area contributed by atoms with Crippen LogP contribution in [0.3, 0.4) is 0 Å². The zero-order valence-electron chi connectivity index (χ0n) is 26.7. The smallest absolute Gasteiger partial charge is 0.274 e. The molecule has 1 aliphatic heterocycles. The van der Waals surface area contributed by atoms with Gasteiger partial charge in [-0.3, -0.25) is 14.3 Å². The molecular formula is C35H34F2N6O4S. The van der Waals surface area contributed by atoms with Crippen molar-refractivity contribution in [1.82, 2.24) is 29.4 Å². The monoisotopic (exact) mass is 672 g/mol. The van der Waals surface area contributed by atoms with E-state index < -0.39 is 5.83 Å². The van der Waals surface area contributed by atoms with Crippen molar-refractivity contribution in [3.05, 3.63) is 107 Å². The first-order chi connectivity index (χ1) is 23.2. The number of aromatic nitrogens is 5. The Bertz CT molecular complexity index is 2120. The van der Waals surface area contributed by atoms with Gasteiger partial charge in [0.1, 0.15) is 23.8 Å². The Morgan fingerprint density at radius 1 is 1.15 bits per heavy atom. The first-order valence-corrected chi connectivity index (χ1v) is 15.8. The number of amides is 1. The third-order valence-electron chi connectivity index (χ3n) is 7.85. The maximum Gasteiger partial charge on any atom is 0.274 e. The molecule has 4 aromatic heterocycles. The molecule has 0 spiro atoms. The van der Waals surface area contributed by atoms with Crippen LogP contribution in [0, 0.1) is 0 Å².